The van der Waals surface area contributed by atoms with Gasteiger partial charge in [-0.05, 0) is 209 Å². The van der Waals surface area contributed by atoms with E-state index in [2.05, 4.69) is 211 Å². The maximum Gasteiger partial charge on any atom is 0.178 e. The van der Waals surface area contributed by atoms with Crippen LogP contribution in [0.3, 0.4) is 0 Å². The van der Waals surface area contributed by atoms with Crippen LogP contribution >= 0.6 is 0 Å². The molecule has 0 aliphatic carbocycles. The summed E-state index contributed by atoms with van der Waals surface area (Å²) in [4.78, 5) is 4.72. The van der Waals surface area contributed by atoms with Gasteiger partial charge in [-0.3, -0.25) is 0 Å². The molecule has 0 fully saturated rings. The maximum absolute atomic E-state index is 6.92. The largest absolute Gasteiger partial charge is 0.451 e. The molecule has 62 heavy (non-hydrogen) atoms. The van der Waals surface area contributed by atoms with Crippen LogP contribution in [-0.2, 0) is 0 Å². The molecule has 4 heteroatoms. The normalized spacial score (nSPS) is 11.9. The summed E-state index contributed by atoms with van der Waals surface area (Å²) >= 11 is 0. The third-order valence-electron chi connectivity index (χ3n) is 13.4. The Morgan fingerprint density at radius 2 is 0.581 bits per heavy atom. The molecule has 11 aromatic rings. The molecular weight excluding hydrogens is 757 g/mol. The fraction of sp³-hybridized carbons (Fsp3) is 0.138. The number of anilines is 6. The summed E-state index contributed by atoms with van der Waals surface area (Å²) in [7, 11) is 0. The van der Waals surface area contributed by atoms with E-state index in [4.69, 9.17) is 8.83 Å². The van der Waals surface area contributed by atoms with Gasteiger partial charge < -0.3 is 18.6 Å². The first-order valence-corrected chi connectivity index (χ1v) is 21.6. The zero-order valence-electron chi connectivity index (χ0n) is 36.6. The van der Waals surface area contributed by atoms with Crippen molar-refractivity contribution in [2.24, 2.45) is 0 Å². The molecular formula is C58H48N2O2. The molecule has 0 N–H and O–H groups in total. The highest BCUT2D eigenvalue weighted by atomic mass is 16.4. The quantitative estimate of drug-likeness (QED) is 0.168. The van der Waals surface area contributed by atoms with Crippen molar-refractivity contribution in [3.05, 3.63) is 190 Å². The Morgan fingerprint density at radius 1 is 0.274 bits per heavy atom. The van der Waals surface area contributed by atoms with Crippen LogP contribution in [-0.4, -0.2) is 0 Å². The molecule has 0 radical (unpaired) electrons. The second kappa shape index (κ2) is 14.1. The predicted molar refractivity (Wildman–Crippen MR) is 263 cm³/mol. The van der Waals surface area contributed by atoms with Gasteiger partial charge in [-0.1, -0.05) is 47.5 Å². The molecule has 0 atom stereocenters. The minimum absolute atomic E-state index is 0.776. The van der Waals surface area contributed by atoms with Gasteiger partial charge in [-0.15, -0.1) is 0 Å². The Kier molecular flexibility index (Phi) is 8.59. The van der Waals surface area contributed by atoms with E-state index in [0.717, 1.165) is 99.5 Å². The van der Waals surface area contributed by atoms with E-state index < -0.39 is 0 Å². The molecule has 0 aliphatic rings. The van der Waals surface area contributed by atoms with Crippen LogP contribution in [0.15, 0.2) is 154 Å². The second-order valence-corrected chi connectivity index (χ2v) is 17.5. The van der Waals surface area contributed by atoms with E-state index in [1.54, 1.807) is 0 Å². The van der Waals surface area contributed by atoms with E-state index in [9.17, 15) is 0 Å². The average molecular weight is 805 g/mol. The van der Waals surface area contributed by atoms with Crippen LogP contribution in [0.4, 0.5) is 34.1 Å². The summed E-state index contributed by atoms with van der Waals surface area (Å²) in [6.07, 6.45) is 0. The van der Waals surface area contributed by atoms with Crippen molar-refractivity contribution in [1.29, 1.82) is 0 Å². The molecule has 4 nitrogen and oxygen atoms in total. The molecule has 0 spiro atoms. The lowest BCUT2D eigenvalue weighted by Gasteiger charge is -2.27. The minimum atomic E-state index is 0.776. The number of hydrogen-bond donors (Lipinski definition) is 0. The molecule has 2 aromatic heterocycles. The van der Waals surface area contributed by atoms with E-state index in [1.807, 2.05) is 0 Å². The minimum Gasteiger partial charge on any atom is -0.451 e. The fourth-order valence-corrected chi connectivity index (χ4v) is 9.46. The van der Waals surface area contributed by atoms with Gasteiger partial charge in [0.15, 0.2) is 11.2 Å². The summed E-state index contributed by atoms with van der Waals surface area (Å²) in [6.45, 7) is 17.5. The molecule has 11 rings (SSSR count). The fourth-order valence-electron chi connectivity index (χ4n) is 9.46. The highest BCUT2D eigenvalue weighted by Crippen LogP contribution is 2.45. The summed E-state index contributed by atoms with van der Waals surface area (Å²) in [5, 5.41) is 8.63. The van der Waals surface area contributed by atoms with E-state index in [0.29, 0.717) is 0 Å². The third-order valence-corrected chi connectivity index (χ3v) is 13.4. The maximum atomic E-state index is 6.92. The summed E-state index contributed by atoms with van der Waals surface area (Å²) in [5.74, 6) is 0. The SMILES string of the molecule is Cc1ccc(N(c2cc(C)c(C)c(C)c2)c2ccc3c(ccc4c5ccc6c7ccc8cc(N(c9ccc(C)cc9)c9cc(C)c(C)c(C)c9)ccc8c7oc6c5oc34)c2)cc1. The number of aryl methyl sites for hydroxylation is 6. The summed E-state index contributed by atoms with van der Waals surface area (Å²) < 4.78 is 13.8. The van der Waals surface area contributed by atoms with Crippen molar-refractivity contribution in [2.45, 2.75) is 55.4 Å². The van der Waals surface area contributed by atoms with Crippen LogP contribution in [0, 0.1) is 55.4 Å². The summed E-state index contributed by atoms with van der Waals surface area (Å²) in [5.41, 5.74) is 20.3. The van der Waals surface area contributed by atoms with Gasteiger partial charge >= 0.3 is 0 Å². The van der Waals surface area contributed by atoms with Crippen molar-refractivity contribution in [2.75, 3.05) is 9.80 Å². The van der Waals surface area contributed by atoms with E-state index in [1.165, 1.54) is 44.5 Å². The predicted octanol–water partition coefficient (Wildman–Crippen LogP) is 17.2. The zero-order chi connectivity index (χ0) is 42.6. The highest BCUT2D eigenvalue weighted by Gasteiger charge is 2.22. The molecule has 9 aromatic carbocycles. The Morgan fingerprint density at radius 3 is 0.952 bits per heavy atom. The highest BCUT2D eigenvalue weighted by molar-refractivity contribution is 6.24. The second-order valence-electron chi connectivity index (χ2n) is 17.5. The van der Waals surface area contributed by atoms with Crippen molar-refractivity contribution in [3.63, 3.8) is 0 Å². The number of fused-ring (bicyclic) bond motifs is 11. The van der Waals surface area contributed by atoms with Gasteiger partial charge in [0.05, 0.1) is 0 Å². The van der Waals surface area contributed by atoms with Crippen LogP contribution in [0.2, 0.25) is 0 Å². The first-order chi connectivity index (χ1) is 30.0. The lowest BCUT2D eigenvalue weighted by Crippen LogP contribution is -2.11. The Hall–Kier alpha value is -7.30. The van der Waals surface area contributed by atoms with E-state index >= 15 is 0 Å². The lowest BCUT2D eigenvalue weighted by atomic mass is 10.0. The molecule has 302 valence electrons. The Labute approximate surface area is 362 Å². The molecule has 0 amide bonds. The molecule has 2 heterocycles. The van der Waals surface area contributed by atoms with Crippen LogP contribution < -0.4 is 9.80 Å². The molecule has 0 unspecified atom stereocenters. The van der Waals surface area contributed by atoms with Crippen LogP contribution in [0.1, 0.15) is 44.5 Å². The van der Waals surface area contributed by atoms with Gasteiger partial charge in [-0.25, -0.2) is 0 Å². The number of nitrogens with zero attached hydrogens (tertiary/aromatic N) is 2. The number of hydrogen-bond acceptors (Lipinski definition) is 4. The Bertz CT molecular complexity index is 3320. The zero-order valence-corrected chi connectivity index (χ0v) is 36.6. The van der Waals surface area contributed by atoms with Gasteiger partial charge in [0.1, 0.15) is 11.2 Å². The van der Waals surface area contributed by atoms with Crippen molar-refractivity contribution in [1.82, 2.24) is 0 Å². The molecule has 0 saturated carbocycles. The van der Waals surface area contributed by atoms with Gasteiger partial charge in [0.2, 0.25) is 0 Å². The molecule has 0 aliphatic heterocycles. The van der Waals surface area contributed by atoms with Gasteiger partial charge in [0, 0.05) is 66.4 Å². The number of furan rings is 2. The topological polar surface area (TPSA) is 32.8 Å². The van der Waals surface area contributed by atoms with Gasteiger partial charge in [-0.2, -0.15) is 0 Å². The van der Waals surface area contributed by atoms with Gasteiger partial charge in [0.25, 0.3) is 0 Å². The first kappa shape index (κ1) is 37.7. The third kappa shape index (κ3) is 5.96. The monoisotopic (exact) mass is 804 g/mol. The van der Waals surface area contributed by atoms with Crippen molar-refractivity contribution < 1.29 is 8.83 Å². The average Bonchev–Trinajstić information content (AvgIpc) is 3.85. The smallest absolute Gasteiger partial charge is 0.178 e. The molecule has 0 bridgehead atoms. The van der Waals surface area contributed by atoms with Crippen molar-refractivity contribution >= 4 is 99.5 Å². The number of benzene rings is 9. The van der Waals surface area contributed by atoms with E-state index in [-0.39, 0.29) is 0 Å². The Balaban J connectivity index is 1.04. The number of rotatable bonds is 6. The lowest BCUT2D eigenvalue weighted by molar-refractivity contribution is 0.637. The standard InChI is InChI=1S/C58H48N2O2/c1-33-9-15-43(16-10-33)59(47-27-35(3)39(7)36(4)28-47)45-19-23-49-41(31-45)13-21-51-53-25-26-54-52-22-14-42-32-46(20-24-50(42)56(52)62-58(54)57(53)61-55(49)51)60(44-17-11-34(2)12-18-44)48-29-37(5)40(8)38(6)30-48/h9-32H,1-8H3. The molecule has 0 saturated heterocycles. The first-order valence-electron chi connectivity index (χ1n) is 21.6. The van der Waals surface area contributed by atoms with Crippen LogP contribution in [0.5, 0.6) is 0 Å². The van der Waals surface area contributed by atoms with Crippen molar-refractivity contribution in [3.8, 4) is 0 Å². The van der Waals surface area contributed by atoms with Crippen LogP contribution in [0.25, 0.3) is 65.4 Å². The summed E-state index contributed by atoms with van der Waals surface area (Å²) in [6, 6.07) is 53.4.